The molecule has 1 aromatic rings. The molecule has 1 fully saturated rings. The molecular formula is C15H16F2N4O6. The van der Waals surface area contributed by atoms with Crippen LogP contribution in [-0.2, 0) is 25.0 Å². The normalized spacial score (nSPS) is 19.2. The van der Waals surface area contributed by atoms with Crippen LogP contribution in [0.4, 0.5) is 8.78 Å². The lowest BCUT2D eigenvalue weighted by Crippen LogP contribution is -2.62. The molecule has 0 radical (unpaired) electrons. The Kier molecular flexibility index (Phi) is 6.00. The molecule has 12 heteroatoms. The minimum absolute atomic E-state index is 0.00257. The number of aliphatic hydroxyl groups excluding tert-OH is 1. The van der Waals surface area contributed by atoms with Gasteiger partial charge in [0.15, 0.2) is 12.0 Å². The highest BCUT2D eigenvalue weighted by Crippen LogP contribution is 2.25. The first-order chi connectivity index (χ1) is 12.7. The van der Waals surface area contributed by atoms with Gasteiger partial charge in [-0.25, -0.2) is 0 Å². The summed E-state index contributed by atoms with van der Waals surface area (Å²) in [4.78, 5) is 39.3. The number of hydrogen-bond acceptors (Lipinski definition) is 7. The molecule has 2 rings (SSSR count). The fourth-order valence-corrected chi connectivity index (χ4v) is 2.21. The number of esters is 1. The van der Waals surface area contributed by atoms with Crippen molar-refractivity contribution in [2.75, 3.05) is 19.7 Å². The molecular weight excluding hydrogens is 370 g/mol. The summed E-state index contributed by atoms with van der Waals surface area (Å²) >= 11 is 0. The number of piperazine rings is 1. The van der Waals surface area contributed by atoms with Gasteiger partial charge in [-0.15, -0.1) is 0 Å². The molecule has 1 saturated heterocycles. The number of nitrogens with one attached hydrogen (secondary N) is 1. The first-order valence-electron chi connectivity index (χ1n) is 7.74. The highest BCUT2D eigenvalue weighted by atomic mass is 19.3. The van der Waals surface area contributed by atoms with Crippen LogP contribution in [0.15, 0.2) is 29.4 Å². The number of nitrogens with zero attached hydrogens (tertiary/aromatic N) is 3. The molecule has 1 atom stereocenters. The van der Waals surface area contributed by atoms with Gasteiger partial charge < -0.3 is 20.4 Å². The van der Waals surface area contributed by atoms with E-state index in [2.05, 4.69) is 9.73 Å². The van der Waals surface area contributed by atoms with Crippen LogP contribution in [0.2, 0.25) is 0 Å². The van der Waals surface area contributed by atoms with E-state index in [0.29, 0.717) is 4.90 Å². The lowest BCUT2D eigenvalue weighted by Gasteiger charge is -2.31. The highest BCUT2D eigenvalue weighted by molar-refractivity contribution is 6.42. The van der Waals surface area contributed by atoms with Gasteiger partial charge in [-0.05, 0) is 13.0 Å². The number of pyridine rings is 1. The standard InChI is InChI=1S/C15H16F2N4O6/c1-2-27-10(22)7-20-13(24)11(19-12(23)14(20)25)18-8-15(16,17)9-5-3-4-6-21(9)26/h3-6,14,25H,2,7-8H2,1H3,(H,18,19,23). The van der Waals surface area contributed by atoms with Crippen molar-refractivity contribution >= 4 is 23.6 Å². The van der Waals surface area contributed by atoms with Gasteiger partial charge in [-0.1, -0.05) is 0 Å². The number of alkyl halides is 2. The van der Waals surface area contributed by atoms with Crippen molar-refractivity contribution in [2.24, 2.45) is 4.99 Å². The second-order valence-corrected chi connectivity index (χ2v) is 5.38. The third-order valence-electron chi connectivity index (χ3n) is 3.47. The summed E-state index contributed by atoms with van der Waals surface area (Å²) in [6.07, 6.45) is -1.12. The van der Waals surface area contributed by atoms with Crippen molar-refractivity contribution in [3.05, 3.63) is 35.3 Å². The number of ether oxygens (including phenoxy) is 1. The average Bonchev–Trinajstić information content (AvgIpc) is 2.61. The van der Waals surface area contributed by atoms with E-state index in [9.17, 15) is 33.5 Å². The van der Waals surface area contributed by atoms with Gasteiger partial charge in [0, 0.05) is 12.1 Å². The van der Waals surface area contributed by atoms with Crippen LogP contribution < -0.4 is 10.0 Å². The summed E-state index contributed by atoms with van der Waals surface area (Å²) in [7, 11) is 0. The molecule has 10 nitrogen and oxygen atoms in total. The summed E-state index contributed by atoms with van der Waals surface area (Å²) in [5.74, 6) is -7.69. The van der Waals surface area contributed by atoms with Crippen molar-refractivity contribution in [1.29, 1.82) is 0 Å². The summed E-state index contributed by atoms with van der Waals surface area (Å²) in [6, 6.07) is 3.39. The lowest BCUT2D eigenvalue weighted by atomic mass is 10.2. The minimum atomic E-state index is -3.73. The zero-order valence-corrected chi connectivity index (χ0v) is 14.1. The molecule has 27 heavy (non-hydrogen) atoms. The number of carbonyl (C=O) groups is 3. The summed E-state index contributed by atoms with van der Waals surface area (Å²) in [5.41, 5.74) is -0.896. The van der Waals surface area contributed by atoms with E-state index < -0.39 is 54.6 Å². The third kappa shape index (κ3) is 4.53. The molecule has 0 saturated carbocycles. The molecule has 1 aliphatic rings. The number of carbonyl (C=O) groups excluding carboxylic acids is 3. The lowest BCUT2D eigenvalue weighted by molar-refractivity contribution is -0.624. The van der Waals surface area contributed by atoms with Gasteiger partial charge in [-0.3, -0.25) is 24.3 Å². The van der Waals surface area contributed by atoms with E-state index >= 15 is 0 Å². The molecule has 2 amide bonds. The van der Waals surface area contributed by atoms with E-state index in [0.717, 1.165) is 12.3 Å². The Hall–Kier alpha value is -3.15. The minimum Gasteiger partial charge on any atom is -0.618 e. The quantitative estimate of drug-likeness (QED) is 0.353. The van der Waals surface area contributed by atoms with Gasteiger partial charge in [0.05, 0.1) is 6.61 Å². The fraction of sp³-hybridized carbons (Fsp3) is 0.400. The molecule has 2 heterocycles. The third-order valence-corrected chi connectivity index (χ3v) is 3.47. The van der Waals surface area contributed by atoms with Crippen molar-refractivity contribution in [1.82, 2.24) is 10.2 Å². The zero-order valence-electron chi connectivity index (χ0n) is 14.1. The fourth-order valence-electron chi connectivity index (χ4n) is 2.21. The van der Waals surface area contributed by atoms with Crippen LogP contribution in [0.3, 0.4) is 0 Å². The second-order valence-electron chi connectivity index (χ2n) is 5.38. The molecule has 0 aliphatic carbocycles. The number of amides is 2. The van der Waals surface area contributed by atoms with E-state index in [4.69, 9.17) is 0 Å². The maximum absolute atomic E-state index is 14.2. The number of aliphatic imine (C=N–C) groups is 1. The zero-order chi connectivity index (χ0) is 20.2. The van der Waals surface area contributed by atoms with E-state index in [1.54, 1.807) is 0 Å². The maximum Gasteiger partial charge on any atom is 0.350 e. The van der Waals surface area contributed by atoms with Crippen LogP contribution in [0.1, 0.15) is 12.6 Å². The number of aliphatic hydroxyl groups is 1. The van der Waals surface area contributed by atoms with Crippen molar-refractivity contribution < 1.29 is 37.7 Å². The van der Waals surface area contributed by atoms with E-state index in [-0.39, 0.29) is 11.3 Å². The first kappa shape index (κ1) is 20.2. The van der Waals surface area contributed by atoms with E-state index in [1.807, 2.05) is 5.32 Å². The highest BCUT2D eigenvalue weighted by Gasteiger charge is 2.42. The molecule has 0 bridgehead atoms. The Balaban J connectivity index is 2.21. The monoisotopic (exact) mass is 386 g/mol. The van der Waals surface area contributed by atoms with Gasteiger partial charge in [0.1, 0.15) is 13.1 Å². The first-order valence-corrected chi connectivity index (χ1v) is 7.74. The van der Waals surface area contributed by atoms with Gasteiger partial charge in [-0.2, -0.15) is 13.5 Å². The Morgan fingerprint density at radius 1 is 1.48 bits per heavy atom. The van der Waals surface area contributed by atoms with Crippen LogP contribution >= 0.6 is 0 Å². The number of amidine groups is 1. The molecule has 0 spiro atoms. The van der Waals surface area contributed by atoms with Crippen molar-refractivity contribution in [3.8, 4) is 0 Å². The average molecular weight is 386 g/mol. The van der Waals surface area contributed by atoms with Crippen LogP contribution in [0.25, 0.3) is 0 Å². The summed E-state index contributed by atoms with van der Waals surface area (Å²) < 4.78 is 33.0. The van der Waals surface area contributed by atoms with Crippen LogP contribution in [0.5, 0.6) is 0 Å². The van der Waals surface area contributed by atoms with Gasteiger partial charge >= 0.3 is 11.9 Å². The Morgan fingerprint density at radius 3 is 2.81 bits per heavy atom. The topological polar surface area (TPSA) is 135 Å². The number of rotatable bonds is 6. The maximum atomic E-state index is 14.2. The SMILES string of the molecule is CCOC(=O)CN1C(=O)C(=NCC(F)(F)c2cccc[n+]2[O-])NC(=O)C1O. The number of hydrogen-bond donors (Lipinski definition) is 2. The molecule has 1 aromatic heterocycles. The predicted octanol–water partition coefficient (Wildman–Crippen LogP) is -1.35. The van der Waals surface area contributed by atoms with Gasteiger partial charge in [0.2, 0.25) is 6.23 Å². The van der Waals surface area contributed by atoms with Crippen molar-refractivity contribution in [3.63, 3.8) is 0 Å². The Morgan fingerprint density at radius 2 is 2.19 bits per heavy atom. The number of halogens is 2. The summed E-state index contributed by atoms with van der Waals surface area (Å²) in [6.45, 7) is -0.567. The Bertz CT molecular complexity index is 785. The summed E-state index contributed by atoms with van der Waals surface area (Å²) in [5, 5.41) is 23.1. The largest absolute Gasteiger partial charge is 0.618 e. The van der Waals surface area contributed by atoms with Crippen molar-refractivity contribution in [2.45, 2.75) is 19.1 Å². The molecule has 146 valence electrons. The molecule has 1 unspecified atom stereocenters. The predicted molar refractivity (Wildman–Crippen MR) is 84.1 cm³/mol. The van der Waals surface area contributed by atoms with E-state index in [1.165, 1.54) is 19.1 Å². The van der Waals surface area contributed by atoms with Gasteiger partial charge in [0.25, 0.3) is 17.5 Å². The molecule has 0 aromatic carbocycles. The molecule has 2 N–H and O–H groups in total. The van der Waals surface area contributed by atoms with Crippen LogP contribution in [-0.4, -0.2) is 59.6 Å². The number of aromatic nitrogens is 1. The second kappa shape index (κ2) is 8.03. The molecule has 1 aliphatic heterocycles. The van der Waals surface area contributed by atoms with Crippen LogP contribution in [0, 0.1) is 5.21 Å². The smallest absolute Gasteiger partial charge is 0.350 e. The Labute approximate surface area is 151 Å².